The van der Waals surface area contributed by atoms with E-state index in [4.69, 9.17) is 5.26 Å². The van der Waals surface area contributed by atoms with Gasteiger partial charge >= 0.3 is 6.18 Å². The van der Waals surface area contributed by atoms with E-state index >= 15 is 0 Å². The number of aryl methyl sites for hydroxylation is 2. The molecule has 0 bridgehead atoms. The van der Waals surface area contributed by atoms with Crippen molar-refractivity contribution in [1.29, 1.82) is 5.26 Å². The van der Waals surface area contributed by atoms with Crippen molar-refractivity contribution in [3.05, 3.63) is 58.0 Å². The van der Waals surface area contributed by atoms with Gasteiger partial charge in [0.2, 0.25) is 0 Å². The topological polar surface area (TPSA) is 48.7 Å². The van der Waals surface area contributed by atoms with Gasteiger partial charge in [0.15, 0.2) is 0 Å². The molecule has 0 spiro atoms. The number of anilines is 1. The van der Waals surface area contributed by atoms with Crippen molar-refractivity contribution in [2.75, 3.05) is 5.32 Å². The number of pyridine rings is 1. The third-order valence-electron chi connectivity index (χ3n) is 3.28. The summed E-state index contributed by atoms with van der Waals surface area (Å²) >= 11 is 0. The molecule has 1 N–H and O–H groups in total. The van der Waals surface area contributed by atoms with Crippen LogP contribution in [0.25, 0.3) is 0 Å². The molecule has 0 amide bonds. The summed E-state index contributed by atoms with van der Waals surface area (Å²) in [5.41, 5.74) is 0.416. The van der Waals surface area contributed by atoms with Crippen LogP contribution in [0, 0.1) is 31.0 Å². The smallest absolute Gasteiger partial charge is 0.365 e. The van der Waals surface area contributed by atoms with Crippen LogP contribution < -0.4 is 5.32 Å². The fourth-order valence-corrected chi connectivity index (χ4v) is 2.25. The number of hydrogen-bond acceptors (Lipinski definition) is 3. The largest absolute Gasteiger partial charge is 0.416 e. The molecule has 0 aliphatic rings. The molecule has 23 heavy (non-hydrogen) atoms. The van der Waals surface area contributed by atoms with E-state index in [1.165, 1.54) is 0 Å². The fourth-order valence-electron chi connectivity index (χ4n) is 2.25. The maximum absolute atomic E-state index is 13.1. The second-order valence-electron chi connectivity index (χ2n) is 5.07. The molecule has 2 aromatic rings. The first kappa shape index (κ1) is 16.7. The van der Waals surface area contributed by atoms with Gasteiger partial charge in [-0.25, -0.2) is 9.37 Å². The van der Waals surface area contributed by atoms with Crippen LogP contribution in [-0.4, -0.2) is 4.98 Å². The summed E-state index contributed by atoms with van der Waals surface area (Å²) in [6.45, 7) is 3.22. The zero-order chi connectivity index (χ0) is 17.2. The summed E-state index contributed by atoms with van der Waals surface area (Å²) in [5, 5.41) is 11.9. The number of alkyl halides is 3. The molecular formula is C16H13F4N3. The summed E-state index contributed by atoms with van der Waals surface area (Å²) in [6, 6.07) is 6.17. The lowest BCUT2D eigenvalue weighted by Crippen LogP contribution is -2.13. The molecule has 0 atom stereocenters. The van der Waals surface area contributed by atoms with Gasteiger partial charge in [-0.2, -0.15) is 18.4 Å². The van der Waals surface area contributed by atoms with E-state index in [0.29, 0.717) is 17.3 Å². The second-order valence-corrected chi connectivity index (χ2v) is 5.07. The quantitative estimate of drug-likeness (QED) is 0.855. The molecule has 0 fully saturated rings. The minimum absolute atomic E-state index is 0.122. The van der Waals surface area contributed by atoms with Crippen LogP contribution in [0.2, 0.25) is 0 Å². The van der Waals surface area contributed by atoms with Gasteiger partial charge in [-0.15, -0.1) is 0 Å². The highest BCUT2D eigenvalue weighted by atomic mass is 19.4. The SMILES string of the molecule is Cc1cc(C)c(C#N)c(NCc2ccc(F)cc2C(F)(F)F)n1. The first-order valence-corrected chi connectivity index (χ1v) is 6.70. The molecule has 0 saturated heterocycles. The zero-order valence-electron chi connectivity index (χ0n) is 12.4. The Morgan fingerprint density at radius 2 is 1.91 bits per heavy atom. The fraction of sp³-hybridized carbons (Fsp3) is 0.250. The molecule has 0 aliphatic carbocycles. The molecule has 1 aromatic heterocycles. The minimum atomic E-state index is -4.66. The van der Waals surface area contributed by atoms with Gasteiger partial charge in [0.1, 0.15) is 17.7 Å². The summed E-state index contributed by atoms with van der Waals surface area (Å²) < 4.78 is 52.0. The highest BCUT2D eigenvalue weighted by molar-refractivity contribution is 5.56. The average molecular weight is 323 g/mol. The number of benzene rings is 1. The Labute approximate surface area is 130 Å². The third kappa shape index (κ3) is 3.77. The maximum atomic E-state index is 13.1. The standard InChI is InChI=1S/C16H13F4N3/c1-9-5-10(2)23-15(13(9)7-21)22-8-11-3-4-12(17)6-14(11)16(18,19)20/h3-6H,8H2,1-2H3,(H,22,23). The van der Waals surface area contributed by atoms with Crippen LogP contribution in [0.15, 0.2) is 24.3 Å². The van der Waals surface area contributed by atoms with Crippen molar-refractivity contribution in [2.45, 2.75) is 26.6 Å². The molecule has 0 saturated carbocycles. The van der Waals surface area contributed by atoms with Gasteiger partial charge < -0.3 is 5.32 Å². The van der Waals surface area contributed by atoms with Crippen LogP contribution in [0.4, 0.5) is 23.4 Å². The second kappa shape index (κ2) is 6.24. The average Bonchev–Trinajstić information content (AvgIpc) is 2.44. The Balaban J connectivity index is 2.35. The number of nitriles is 1. The van der Waals surface area contributed by atoms with Crippen molar-refractivity contribution in [1.82, 2.24) is 4.98 Å². The molecule has 2 rings (SSSR count). The first-order valence-electron chi connectivity index (χ1n) is 6.70. The monoisotopic (exact) mass is 323 g/mol. The zero-order valence-corrected chi connectivity index (χ0v) is 12.4. The molecule has 0 aliphatic heterocycles. The van der Waals surface area contributed by atoms with E-state index in [2.05, 4.69) is 10.3 Å². The van der Waals surface area contributed by atoms with E-state index in [-0.39, 0.29) is 23.5 Å². The van der Waals surface area contributed by atoms with Crippen LogP contribution >= 0.6 is 0 Å². The molecule has 0 unspecified atom stereocenters. The number of aromatic nitrogens is 1. The molecule has 120 valence electrons. The predicted molar refractivity (Wildman–Crippen MR) is 77.2 cm³/mol. The molecule has 7 heteroatoms. The Morgan fingerprint density at radius 3 is 2.52 bits per heavy atom. The van der Waals surface area contributed by atoms with Gasteiger partial charge in [0.05, 0.1) is 11.1 Å². The van der Waals surface area contributed by atoms with E-state index in [9.17, 15) is 17.6 Å². The van der Waals surface area contributed by atoms with Crippen molar-refractivity contribution in [3.8, 4) is 6.07 Å². The normalized spacial score (nSPS) is 11.2. The Morgan fingerprint density at radius 1 is 1.22 bits per heavy atom. The highest BCUT2D eigenvalue weighted by Crippen LogP contribution is 2.33. The van der Waals surface area contributed by atoms with E-state index in [1.807, 2.05) is 6.07 Å². The lowest BCUT2D eigenvalue weighted by molar-refractivity contribution is -0.138. The van der Waals surface area contributed by atoms with Crippen molar-refractivity contribution in [2.24, 2.45) is 0 Å². The van der Waals surface area contributed by atoms with Crippen LogP contribution in [0.1, 0.15) is 27.9 Å². The van der Waals surface area contributed by atoms with Crippen LogP contribution in [-0.2, 0) is 12.7 Å². The summed E-state index contributed by atoms with van der Waals surface area (Å²) in [5.74, 6) is -0.745. The predicted octanol–water partition coefficient (Wildman–Crippen LogP) is 4.34. The van der Waals surface area contributed by atoms with Gasteiger partial charge in [0.25, 0.3) is 0 Å². The molecule has 1 aromatic carbocycles. The lowest BCUT2D eigenvalue weighted by Gasteiger charge is -2.15. The van der Waals surface area contributed by atoms with Gasteiger partial charge in [-0.05, 0) is 43.2 Å². The summed E-state index contributed by atoms with van der Waals surface area (Å²) in [6.07, 6.45) is -4.66. The minimum Gasteiger partial charge on any atom is -0.365 e. The number of hydrogen-bond donors (Lipinski definition) is 1. The Hall–Kier alpha value is -2.62. The molecular weight excluding hydrogens is 310 g/mol. The summed E-state index contributed by atoms with van der Waals surface area (Å²) in [7, 11) is 0. The van der Waals surface area contributed by atoms with Crippen molar-refractivity contribution < 1.29 is 17.6 Å². The number of rotatable bonds is 3. The van der Waals surface area contributed by atoms with Crippen molar-refractivity contribution >= 4 is 5.82 Å². The van der Waals surface area contributed by atoms with Gasteiger partial charge in [0, 0.05) is 12.2 Å². The molecule has 3 nitrogen and oxygen atoms in total. The Kier molecular flexibility index (Phi) is 4.55. The lowest BCUT2D eigenvalue weighted by atomic mass is 10.1. The third-order valence-corrected chi connectivity index (χ3v) is 3.28. The van der Waals surface area contributed by atoms with Crippen LogP contribution in [0.3, 0.4) is 0 Å². The molecule has 1 heterocycles. The van der Waals surface area contributed by atoms with Gasteiger partial charge in [-0.3, -0.25) is 0 Å². The van der Waals surface area contributed by atoms with E-state index in [1.54, 1.807) is 19.9 Å². The Bertz CT molecular complexity index is 776. The van der Waals surface area contributed by atoms with E-state index in [0.717, 1.165) is 12.1 Å². The number of nitrogens with zero attached hydrogens (tertiary/aromatic N) is 2. The van der Waals surface area contributed by atoms with Crippen LogP contribution in [0.5, 0.6) is 0 Å². The number of nitrogens with one attached hydrogen (secondary N) is 1. The van der Waals surface area contributed by atoms with Crippen molar-refractivity contribution in [3.63, 3.8) is 0 Å². The van der Waals surface area contributed by atoms with Gasteiger partial charge in [-0.1, -0.05) is 6.07 Å². The highest BCUT2D eigenvalue weighted by Gasteiger charge is 2.33. The molecule has 0 radical (unpaired) electrons. The van der Waals surface area contributed by atoms with E-state index < -0.39 is 17.6 Å². The maximum Gasteiger partial charge on any atom is 0.416 e. The first-order chi connectivity index (χ1) is 10.7. The number of halogens is 4. The summed E-state index contributed by atoms with van der Waals surface area (Å²) in [4.78, 5) is 4.14.